The van der Waals surface area contributed by atoms with Gasteiger partial charge < -0.3 is 4.90 Å². The van der Waals surface area contributed by atoms with Crippen LogP contribution in [0.3, 0.4) is 0 Å². The number of piperazine rings is 1. The molecular formula is C22H30N6O2. The zero-order valence-corrected chi connectivity index (χ0v) is 18.0. The van der Waals surface area contributed by atoms with Crippen molar-refractivity contribution in [3.63, 3.8) is 0 Å². The number of rotatable bonds is 6. The van der Waals surface area contributed by atoms with Gasteiger partial charge in [-0.15, -0.1) is 0 Å². The summed E-state index contributed by atoms with van der Waals surface area (Å²) < 4.78 is 3.39. The molecule has 30 heavy (non-hydrogen) atoms. The van der Waals surface area contributed by atoms with E-state index < -0.39 is 5.69 Å². The molecule has 1 aliphatic heterocycles. The van der Waals surface area contributed by atoms with E-state index in [1.807, 2.05) is 16.7 Å². The monoisotopic (exact) mass is 410 g/mol. The highest BCUT2D eigenvalue weighted by atomic mass is 16.2. The largest absolute Gasteiger partial charge is 0.340 e. The van der Waals surface area contributed by atoms with Gasteiger partial charge in [-0.05, 0) is 31.0 Å². The van der Waals surface area contributed by atoms with Gasteiger partial charge in [0.2, 0.25) is 5.95 Å². The van der Waals surface area contributed by atoms with Gasteiger partial charge in [0.15, 0.2) is 11.2 Å². The second kappa shape index (κ2) is 8.47. The van der Waals surface area contributed by atoms with Crippen LogP contribution < -0.4 is 16.1 Å². The van der Waals surface area contributed by atoms with Crippen LogP contribution in [-0.4, -0.2) is 56.7 Å². The van der Waals surface area contributed by atoms with Crippen LogP contribution in [0.15, 0.2) is 33.9 Å². The summed E-state index contributed by atoms with van der Waals surface area (Å²) in [7, 11) is 1.65. The average molecular weight is 411 g/mol. The number of nitrogens with zero attached hydrogens (tertiary/aromatic N) is 5. The van der Waals surface area contributed by atoms with E-state index >= 15 is 0 Å². The molecule has 0 spiro atoms. The number of aromatic amines is 1. The minimum Gasteiger partial charge on any atom is -0.340 e. The van der Waals surface area contributed by atoms with Crippen LogP contribution in [0.4, 0.5) is 5.95 Å². The normalized spacial score (nSPS) is 15.2. The predicted octanol–water partition coefficient (Wildman–Crippen LogP) is 1.70. The number of fused-ring (bicyclic) bond motifs is 1. The average Bonchev–Trinajstić information content (AvgIpc) is 3.12. The molecule has 1 fully saturated rings. The second-order valence-corrected chi connectivity index (χ2v) is 8.10. The lowest BCUT2D eigenvalue weighted by molar-refractivity contribution is 0.252. The summed E-state index contributed by atoms with van der Waals surface area (Å²) >= 11 is 0. The summed E-state index contributed by atoms with van der Waals surface area (Å²) in [6, 6.07) is 8.16. The Balaban J connectivity index is 1.76. The molecule has 4 rings (SSSR count). The maximum atomic E-state index is 12.8. The van der Waals surface area contributed by atoms with Gasteiger partial charge in [-0.2, -0.15) is 4.98 Å². The van der Waals surface area contributed by atoms with Crippen LogP contribution in [0.25, 0.3) is 11.2 Å². The second-order valence-electron chi connectivity index (χ2n) is 8.10. The number of hydrogen-bond acceptors (Lipinski definition) is 5. The third kappa shape index (κ3) is 3.79. The van der Waals surface area contributed by atoms with Crippen molar-refractivity contribution in [2.75, 3.05) is 37.6 Å². The van der Waals surface area contributed by atoms with E-state index in [9.17, 15) is 9.59 Å². The number of benzene rings is 1. The maximum absolute atomic E-state index is 12.8. The zero-order chi connectivity index (χ0) is 21.3. The Bertz CT molecular complexity index is 1150. The lowest BCUT2D eigenvalue weighted by Gasteiger charge is -2.35. The molecule has 3 aromatic rings. The number of imidazole rings is 1. The van der Waals surface area contributed by atoms with Crippen molar-refractivity contribution in [2.45, 2.75) is 33.2 Å². The fraction of sp³-hybridized carbons (Fsp3) is 0.500. The lowest BCUT2D eigenvalue weighted by atomic mass is 10.1. The van der Waals surface area contributed by atoms with Crippen molar-refractivity contribution in [2.24, 2.45) is 7.05 Å². The zero-order valence-electron chi connectivity index (χ0n) is 18.0. The summed E-state index contributed by atoms with van der Waals surface area (Å²) in [6.45, 7) is 9.60. The van der Waals surface area contributed by atoms with Crippen molar-refractivity contribution in [3.8, 4) is 0 Å². The first-order chi connectivity index (χ1) is 14.5. The van der Waals surface area contributed by atoms with Crippen LogP contribution in [0.1, 0.15) is 30.9 Å². The number of hydrogen-bond donors (Lipinski definition) is 1. The summed E-state index contributed by atoms with van der Waals surface area (Å²) in [5, 5.41) is 0. The number of aryl methyl sites for hydroxylation is 2. The highest BCUT2D eigenvalue weighted by molar-refractivity contribution is 5.74. The van der Waals surface area contributed by atoms with Crippen LogP contribution in [0.2, 0.25) is 0 Å². The summed E-state index contributed by atoms with van der Waals surface area (Å²) in [5.41, 5.74) is 2.35. The maximum Gasteiger partial charge on any atom is 0.329 e. The molecule has 3 heterocycles. The number of nitrogens with one attached hydrogen (secondary N) is 1. The smallest absolute Gasteiger partial charge is 0.329 e. The Morgan fingerprint density at radius 2 is 1.83 bits per heavy atom. The molecule has 8 nitrogen and oxygen atoms in total. The van der Waals surface area contributed by atoms with E-state index in [0.717, 1.165) is 49.8 Å². The van der Waals surface area contributed by atoms with Gasteiger partial charge >= 0.3 is 5.69 Å². The Morgan fingerprint density at radius 1 is 1.10 bits per heavy atom. The van der Waals surface area contributed by atoms with Crippen molar-refractivity contribution < 1.29 is 0 Å². The minimum atomic E-state index is -0.441. The molecule has 0 bridgehead atoms. The van der Waals surface area contributed by atoms with Crippen LogP contribution >= 0.6 is 0 Å². The molecule has 1 N–H and O–H groups in total. The van der Waals surface area contributed by atoms with E-state index in [2.05, 4.69) is 40.8 Å². The number of anilines is 1. The number of unbranched alkanes of at least 4 members (excludes halogenated alkanes) is 1. The number of H-pyrrole nitrogens is 1. The van der Waals surface area contributed by atoms with Crippen molar-refractivity contribution in [1.29, 1.82) is 0 Å². The third-order valence-corrected chi connectivity index (χ3v) is 6.06. The molecule has 1 aliphatic rings. The molecule has 0 unspecified atom stereocenters. The van der Waals surface area contributed by atoms with E-state index in [1.165, 1.54) is 17.4 Å². The van der Waals surface area contributed by atoms with Gasteiger partial charge in [0.25, 0.3) is 5.56 Å². The first-order valence-electron chi connectivity index (χ1n) is 10.7. The van der Waals surface area contributed by atoms with Gasteiger partial charge in [-0.1, -0.05) is 37.6 Å². The van der Waals surface area contributed by atoms with E-state index in [4.69, 9.17) is 4.98 Å². The molecule has 2 aromatic heterocycles. The van der Waals surface area contributed by atoms with Gasteiger partial charge in [0.1, 0.15) is 0 Å². The van der Waals surface area contributed by atoms with Crippen LogP contribution in [0, 0.1) is 6.92 Å². The highest BCUT2D eigenvalue weighted by Gasteiger charge is 2.25. The first kappa shape index (κ1) is 20.4. The Kier molecular flexibility index (Phi) is 5.76. The van der Waals surface area contributed by atoms with Crippen molar-refractivity contribution in [3.05, 3.63) is 56.2 Å². The third-order valence-electron chi connectivity index (χ3n) is 6.06. The molecule has 0 radical (unpaired) electrons. The molecular weight excluding hydrogens is 380 g/mol. The lowest BCUT2D eigenvalue weighted by Crippen LogP contribution is -2.47. The van der Waals surface area contributed by atoms with Crippen molar-refractivity contribution >= 4 is 17.1 Å². The first-order valence-corrected chi connectivity index (χ1v) is 10.7. The highest BCUT2D eigenvalue weighted by Crippen LogP contribution is 2.23. The van der Waals surface area contributed by atoms with Crippen LogP contribution in [-0.2, 0) is 13.6 Å². The summed E-state index contributed by atoms with van der Waals surface area (Å²) in [6.07, 6.45) is 2.41. The Morgan fingerprint density at radius 3 is 2.53 bits per heavy atom. The number of aromatic nitrogens is 4. The van der Waals surface area contributed by atoms with E-state index in [1.54, 1.807) is 7.05 Å². The topological polar surface area (TPSA) is 79.2 Å². The fourth-order valence-electron chi connectivity index (χ4n) is 4.13. The SMILES string of the molecule is CCCCN1CCN(c2nc3c(c(=O)[nH]c(=O)n3C)n2Cc2ccccc2C)CC1. The quantitative estimate of drug-likeness (QED) is 0.669. The Labute approximate surface area is 175 Å². The molecule has 1 saturated heterocycles. The van der Waals surface area contributed by atoms with Gasteiger partial charge in [0.05, 0.1) is 6.54 Å². The van der Waals surface area contributed by atoms with Gasteiger partial charge in [-0.3, -0.25) is 23.8 Å². The molecule has 0 atom stereocenters. The molecule has 8 heteroatoms. The molecule has 160 valence electrons. The standard InChI is InChI=1S/C22H30N6O2/c1-4-5-10-26-11-13-27(14-12-26)21-23-19-18(20(29)24-22(30)25(19)3)28(21)15-17-9-7-6-8-16(17)2/h6-9H,4-5,10-15H2,1-3H3,(H,24,29,30). The molecule has 0 saturated carbocycles. The molecule has 0 amide bonds. The van der Waals surface area contributed by atoms with E-state index in [-0.39, 0.29) is 5.56 Å². The summed E-state index contributed by atoms with van der Waals surface area (Å²) in [5.74, 6) is 0.759. The van der Waals surface area contributed by atoms with Crippen molar-refractivity contribution in [1.82, 2.24) is 24.0 Å². The molecule has 1 aromatic carbocycles. The summed E-state index contributed by atoms with van der Waals surface area (Å²) in [4.78, 5) is 36.8. The minimum absolute atomic E-state index is 0.387. The van der Waals surface area contributed by atoms with Gasteiger partial charge in [0, 0.05) is 33.2 Å². The van der Waals surface area contributed by atoms with Gasteiger partial charge in [-0.25, -0.2) is 4.79 Å². The van der Waals surface area contributed by atoms with E-state index in [0.29, 0.717) is 17.7 Å². The molecule has 0 aliphatic carbocycles. The predicted molar refractivity (Wildman–Crippen MR) is 119 cm³/mol. The van der Waals surface area contributed by atoms with Crippen LogP contribution in [0.5, 0.6) is 0 Å². The fourth-order valence-corrected chi connectivity index (χ4v) is 4.13. The Hall–Kier alpha value is -2.87.